The van der Waals surface area contributed by atoms with Crippen LogP contribution in [0.3, 0.4) is 0 Å². The minimum absolute atomic E-state index is 0.564. The van der Waals surface area contributed by atoms with Gasteiger partial charge >= 0.3 is 0 Å². The number of rotatable bonds is 4. The lowest BCUT2D eigenvalue weighted by Gasteiger charge is -2.11. The second-order valence-corrected chi connectivity index (χ2v) is 5.40. The SMILES string of the molecule is COc1cccc(-c2cnc(Nc3ccccc3C)cc2C#N)c1. The number of nitrogens with zero attached hydrogens (tertiary/aromatic N) is 2. The molecule has 0 aliphatic carbocycles. The van der Waals surface area contributed by atoms with Crippen LogP contribution in [0.25, 0.3) is 11.1 Å². The summed E-state index contributed by atoms with van der Waals surface area (Å²) in [5.41, 5.74) is 4.35. The molecule has 0 bridgehead atoms. The van der Waals surface area contributed by atoms with Gasteiger partial charge in [0.05, 0.1) is 18.7 Å². The van der Waals surface area contributed by atoms with E-state index < -0.39 is 0 Å². The summed E-state index contributed by atoms with van der Waals surface area (Å²) in [7, 11) is 1.62. The molecule has 0 radical (unpaired) electrons. The predicted molar refractivity (Wildman–Crippen MR) is 95.4 cm³/mol. The maximum absolute atomic E-state index is 9.51. The van der Waals surface area contributed by atoms with Crippen LogP contribution in [0, 0.1) is 18.3 Å². The highest BCUT2D eigenvalue weighted by Crippen LogP contribution is 2.28. The molecule has 0 amide bonds. The molecule has 24 heavy (non-hydrogen) atoms. The van der Waals surface area contributed by atoms with Gasteiger partial charge in [0.1, 0.15) is 11.6 Å². The number of pyridine rings is 1. The van der Waals surface area contributed by atoms with Crippen molar-refractivity contribution >= 4 is 11.5 Å². The molecule has 3 rings (SSSR count). The van der Waals surface area contributed by atoms with E-state index in [0.717, 1.165) is 28.1 Å². The van der Waals surface area contributed by atoms with Crippen molar-refractivity contribution in [1.82, 2.24) is 4.98 Å². The number of nitriles is 1. The Kier molecular flexibility index (Phi) is 4.44. The highest BCUT2D eigenvalue weighted by Gasteiger charge is 2.09. The lowest BCUT2D eigenvalue weighted by molar-refractivity contribution is 0.415. The van der Waals surface area contributed by atoms with Gasteiger partial charge in [-0.1, -0.05) is 30.3 Å². The summed E-state index contributed by atoms with van der Waals surface area (Å²) in [6.07, 6.45) is 1.72. The molecule has 2 aromatic carbocycles. The Morgan fingerprint density at radius 1 is 1.08 bits per heavy atom. The topological polar surface area (TPSA) is 57.9 Å². The number of aryl methyl sites for hydroxylation is 1. The Morgan fingerprint density at radius 3 is 2.67 bits per heavy atom. The van der Waals surface area contributed by atoms with Crippen molar-refractivity contribution < 1.29 is 4.74 Å². The molecule has 1 heterocycles. The van der Waals surface area contributed by atoms with Gasteiger partial charge in [-0.15, -0.1) is 0 Å². The van der Waals surface area contributed by atoms with Gasteiger partial charge in [0.15, 0.2) is 0 Å². The fourth-order valence-corrected chi connectivity index (χ4v) is 2.49. The van der Waals surface area contributed by atoms with Gasteiger partial charge in [0.2, 0.25) is 0 Å². The van der Waals surface area contributed by atoms with Crippen molar-refractivity contribution in [2.45, 2.75) is 6.92 Å². The quantitative estimate of drug-likeness (QED) is 0.759. The number of anilines is 2. The summed E-state index contributed by atoms with van der Waals surface area (Å²) in [6.45, 7) is 2.03. The average Bonchev–Trinajstić information content (AvgIpc) is 2.63. The van der Waals surface area contributed by atoms with Crippen molar-refractivity contribution in [3.8, 4) is 22.9 Å². The van der Waals surface area contributed by atoms with Crippen molar-refractivity contribution in [2.75, 3.05) is 12.4 Å². The molecule has 118 valence electrons. The van der Waals surface area contributed by atoms with Crippen molar-refractivity contribution in [3.05, 3.63) is 71.9 Å². The van der Waals surface area contributed by atoms with Gasteiger partial charge in [-0.2, -0.15) is 5.26 Å². The molecule has 0 spiro atoms. The fourth-order valence-electron chi connectivity index (χ4n) is 2.49. The molecule has 0 saturated heterocycles. The predicted octanol–water partition coefficient (Wildman–Crippen LogP) is 4.68. The highest BCUT2D eigenvalue weighted by atomic mass is 16.5. The normalized spacial score (nSPS) is 10.0. The van der Waals surface area contributed by atoms with Crippen molar-refractivity contribution in [1.29, 1.82) is 5.26 Å². The van der Waals surface area contributed by atoms with Gasteiger partial charge in [0, 0.05) is 17.4 Å². The minimum Gasteiger partial charge on any atom is -0.497 e. The van der Waals surface area contributed by atoms with Gasteiger partial charge in [-0.3, -0.25) is 0 Å². The molecule has 0 unspecified atom stereocenters. The van der Waals surface area contributed by atoms with Gasteiger partial charge < -0.3 is 10.1 Å². The minimum atomic E-state index is 0.564. The molecule has 3 aromatic rings. The molecular formula is C20H17N3O. The van der Waals surface area contributed by atoms with Crippen LogP contribution in [-0.4, -0.2) is 12.1 Å². The van der Waals surface area contributed by atoms with E-state index in [1.165, 1.54) is 0 Å². The largest absolute Gasteiger partial charge is 0.497 e. The zero-order chi connectivity index (χ0) is 16.9. The van der Waals surface area contributed by atoms with Crippen LogP contribution in [0.2, 0.25) is 0 Å². The second-order valence-electron chi connectivity index (χ2n) is 5.40. The number of aromatic nitrogens is 1. The van der Waals surface area contributed by atoms with Gasteiger partial charge in [-0.25, -0.2) is 4.98 Å². The molecule has 0 saturated carbocycles. The van der Waals surface area contributed by atoms with E-state index >= 15 is 0 Å². The molecular weight excluding hydrogens is 298 g/mol. The maximum atomic E-state index is 9.51. The average molecular weight is 315 g/mol. The van der Waals surface area contributed by atoms with E-state index in [1.807, 2.05) is 55.5 Å². The number of methoxy groups -OCH3 is 1. The van der Waals surface area contributed by atoms with Crippen molar-refractivity contribution in [3.63, 3.8) is 0 Å². The van der Waals surface area contributed by atoms with E-state index in [1.54, 1.807) is 19.4 Å². The van der Waals surface area contributed by atoms with Crippen LogP contribution >= 0.6 is 0 Å². The Labute approximate surface area is 141 Å². The summed E-state index contributed by atoms with van der Waals surface area (Å²) in [5, 5.41) is 12.8. The summed E-state index contributed by atoms with van der Waals surface area (Å²) in [6, 6.07) is 19.6. The molecule has 1 N–H and O–H groups in total. The van der Waals surface area contributed by atoms with Crippen LogP contribution in [0.1, 0.15) is 11.1 Å². The zero-order valence-electron chi connectivity index (χ0n) is 13.6. The number of hydrogen-bond acceptors (Lipinski definition) is 4. The molecule has 0 aliphatic rings. The second kappa shape index (κ2) is 6.84. The molecule has 4 nitrogen and oxygen atoms in total. The van der Waals surface area contributed by atoms with Crippen LogP contribution in [0.15, 0.2) is 60.8 Å². The lowest BCUT2D eigenvalue weighted by Crippen LogP contribution is -1.97. The van der Waals surface area contributed by atoms with Crippen LogP contribution in [0.4, 0.5) is 11.5 Å². The highest BCUT2D eigenvalue weighted by molar-refractivity contribution is 5.73. The standard InChI is InChI=1S/C20H17N3O/c1-14-6-3-4-9-19(14)23-20-11-16(12-21)18(13-22-20)15-7-5-8-17(10-15)24-2/h3-11,13H,1-2H3,(H,22,23). The molecule has 0 fully saturated rings. The summed E-state index contributed by atoms with van der Waals surface area (Å²) in [4.78, 5) is 4.45. The number of benzene rings is 2. The molecule has 0 aliphatic heterocycles. The zero-order valence-corrected chi connectivity index (χ0v) is 13.6. The monoisotopic (exact) mass is 315 g/mol. The lowest BCUT2D eigenvalue weighted by atomic mass is 10.0. The Bertz CT molecular complexity index is 913. The number of para-hydroxylation sites is 1. The number of nitrogens with one attached hydrogen (secondary N) is 1. The Balaban J connectivity index is 1.97. The maximum Gasteiger partial charge on any atom is 0.131 e. The molecule has 0 atom stereocenters. The third-order valence-corrected chi connectivity index (χ3v) is 3.81. The Hall–Kier alpha value is -3.32. The van der Waals surface area contributed by atoms with Crippen LogP contribution in [-0.2, 0) is 0 Å². The first-order chi connectivity index (χ1) is 11.7. The smallest absolute Gasteiger partial charge is 0.131 e. The molecule has 4 heteroatoms. The third-order valence-electron chi connectivity index (χ3n) is 3.81. The number of ether oxygens (including phenoxy) is 1. The summed E-state index contributed by atoms with van der Waals surface area (Å²) in [5.74, 6) is 1.39. The summed E-state index contributed by atoms with van der Waals surface area (Å²) < 4.78 is 5.25. The number of hydrogen-bond donors (Lipinski definition) is 1. The van der Waals surface area contributed by atoms with Crippen molar-refractivity contribution in [2.24, 2.45) is 0 Å². The van der Waals surface area contributed by atoms with E-state index in [2.05, 4.69) is 16.4 Å². The van der Waals surface area contributed by atoms with E-state index in [0.29, 0.717) is 11.4 Å². The van der Waals surface area contributed by atoms with Gasteiger partial charge in [-0.05, 0) is 42.3 Å². The summed E-state index contributed by atoms with van der Waals surface area (Å²) >= 11 is 0. The molecule has 1 aromatic heterocycles. The fraction of sp³-hybridized carbons (Fsp3) is 0.100. The first-order valence-corrected chi connectivity index (χ1v) is 7.58. The van der Waals surface area contributed by atoms with E-state index in [4.69, 9.17) is 4.74 Å². The van der Waals surface area contributed by atoms with E-state index in [-0.39, 0.29) is 0 Å². The van der Waals surface area contributed by atoms with Gasteiger partial charge in [0.25, 0.3) is 0 Å². The third kappa shape index (κ3) is 3.21. The van der Waals surface area contributed by atoms with E-state index in [9.17, 15) is 5.26 Å². The Morgan fingerprint density at radius 2 is 1.92 bits per heavy atom. The van der Waals surface area contributed by atoms with Crippen LogP contribution < -0.4 is 10.1 Å². The first kappa shape index (κ1) is 15.6. The van der Waals surface area contributed by atoms with Crippen LogP contribution in [0.5, 0.6) is 5.75 Å². The first-order valence-electron chi connectivity index (χ1n) is 7.58.